The van der Waals surface area contributed by atoms with Gasteiger partial charge in [-0.3, -0.25) is 5.10 Å². The van der Waals surface area contributed by atoms with Crippen molar-refractivity contribution in [1.29, 1.82) is 0 Å². The molecule has 0 unspecified atom stereocenters. The van der Waals surface area contributed by atoms with Crippen LogP contribution < -0.4 is 0 Å². The Morgan fingerprint density at radius 2 is 2.19 bits per heavy atom. The van der Waals surface area contributed by atoms with Crippen LogP contribution in [0.15, 0.2) is 18.2 Å². The first kappa shape index (κ1) is 10.9. The Hall–Kier alpha value is -1.56. The van der Waals surface area contributed by atoms with Gasteiger partial charge in [-0.15, -0.1) is 0 Å². The van der Waals surface area contributed by atoms with Crippen LogP contribution >= 0.6 is 12.2 Å². The maximum absolute atomic E-state index is 13.5. The van der Waals surface area contributed by atoms with Crippen molar-refractivity contribution < 1.29 is 8.78 Å². The third kappa shape index (κ3) is 1.76. The number of halogens is 2. The molecule has 0 atom stereocenters. The van der Waals surface area contributed by atoms with Gasteiger partial charge in [0.05, 0.1) is 5.56 Å². The molecule has 0 aliphatic carbocycles. The van der Waals surface area contributed by atoms with Gasteiger partial charge in [0.2, 0.25) is 0 Å². The third-order valence-electron chi connectivity index (χ3n) is 2.25. The average molecular weight is 241 g/mol. The molecule has 1 aromatic carbocycles. The van der Waals surface area contributed by atoms with Gasteiger partial charge in [0.1, 0.15) is 11.6 Å². The van der Waals surface area contributed by atoms with E-state index in [0.717, 1.165) is 6.07 Å². The molecule has 0 amide bonds. The van der Waals surface area contributed by atoms with E-state index >= 15 is 0 Å². The molecule has 2 rings (SSSR count). The number of H-pyrrole nitrogens is 1. The van der Waals surface area contributed by atoms with Crippen molar-refractivity contribution in [3.05, 3.63) is 34.6 Å². The van der Waals surface area contributed by atoms with E-state index in [0.29, 0.717) is 17.1 Å². The second kappa shape index (κ2) is 4.13. The van der Waals surface area contributed by atoms with Crippen LogP contribution in [-0.4, -0.2) is 14.8 Å². The van der Waals surface area contributed by atoms with E-state index in [1.165, 1.54) is 12.1 Å². The number of aromatic nitrogens is 3. The van der Waals surface area contributed by atoms with Crippen LogP contribution in [0.2, 0.25) is 0 Å². The van der Waals surface area contributed by atoms with Gasteiger partial charge in [-0.05, 0) is 31.3 Å². The second-order valence-corrected chi connectivity index (χ2v) is 3.61. The van der Waals surface area contributed by atoms with E-state index in [9.17, 15) is 8.78 Å². The largest absolute Gasteiger partial charge is 0.300 e. The molecule has 1 N–H and O–H groups in total. The minimum atomic E-state index is -0.649. The van der Waals surface area contributed by atoms with Crippen molar-refractivity contribution in [2.45, 2.75) is 13.5 Å². The van der Waals surface area contributed by atoms with E-state index in [1.54, 1.807) is 4.57 Å². The van der Waals surface area contributed by atoms with Gasteiger partial charge in [-0.25, -0.2) is 8.78 Å². The SMILES string of the molecule is CCn1c(-c2ccc(F)cc2F)n[nH]c1=S. The molecule has 16 heavy (non-hydrogen) atoms. The molecule has 1 heterocycles. The summed E-state index contributed by atoms with van der Waals surface area (Å²) in [6.45, 7) is 2.44. The number of benzene rings is 1. The molecule has 0 radical (unpaired) electrons. The Balaban J connectivity index is 2.63. The summed E-state index contributed by atoms with van der Waals surface area (Å²) in [5.74, 6) is -0.882. The quantitative estimate of drug-likeness (QED) is 0.820. The van der Waals surface area contributed by atoms with Crippen LogP contribution in [0.1, 0.15) is 6.92 Å². The molecule has 0 fully saturated rings. The fourth-order valence-corrected chi connectivity index (χ4v) is 1.75. The van der Waals surface area contributed by atoms with Gasteiger partial charge in [0, 0.05) is 12.6 Å². The zero-order chi connectivity index (χ0) is 11.7. The Morgan fingerprint density at radius 1 is 1.44 bits per heavy atom. The van der Waals surface area contributed by atoms with Crippen molar-refractivity contribution in [3.63, 3.8) is 0 Å². The Labute approximate surface area is 95.7 Å². The number of hydrogen-bond acceptors (Lipinski definition) is 2. The Morgan fingerprint density at radius 3 is 2.81 bits per heavy atom. The lowest BCUT2D eigenvalue weighted by atomic mass is 10.2. The lowest BCUT2D eigenvalue weighted by Crippen LogP contribution is -1.99. The maximum atomic E-state index is 13.5. The highest BCUT2D eigenvalue weighted by molar-refractivity contribution is 7.71. The predicted molar refractivity (Wildman–Crippen MR) is 58.4 cm³/mol. The second-order valence-electron chi connectivity index (χ2n) is 3.22. The molecule has 84 valence electrons. The zero-order valence-electron chi connectivity index (χ0n) is 8.50. The maximum Gasteiger partial charge on any atom is 0.195 e. The molecule has 0 saturated carbocycles. The van der Waals surface area contributed by atoms with Crippen LogP contribution in [-0.2, 0) is 6.54 Å². The summed E-state index contributed by atoms with van der Waals surface area (Å²) in [6, 6.07) is 3.37. The standard InChI is InChI=1S/C10H9F2N3S/c1-2-15-9(13-14-10(15)16)7-4-3-6(11)5-8(7)12/h3-5H,2H2,1H3,(H,14,16). The van der Waals surface area contributed by atoms with Crippen molar-refractivity contribution in [1.82, 2.24) is 14.8 Å². The summed E-state index contributed by atoms with van der Waals surface area (Å²) in [6.07, 6.45) is 0. The Bertz CT molecular complexity index is 574. The van der Waals surface area contributed by atoms with Crippen LogP contribution in [0.4, 0.5) is 8.78 Å². The summed E-state index contributed by atoms with van der Waals surface area (Å²) in [7, 11) is 0. The highest BCUT2D eigenvalue weighted by atomic mass is 32.1. The summed E-state index contributed by atoms with van der Waals surface area (Å²) >= 11 is 4.99. The fourth-order valence-electron chi connectivity index (χ4n) is 1.49. The average Bonchev–Trinajstić information content (AvgIpc) is 2.59. The van der Waals surface area contributed by atoms with Crippen molar-refractivity contribution in [2.75, 3.05) is 0 Å². The number of nitrogens with one attached hydrogen (secondary N) is 1. The highest BCUT2D eigenvalue weighted by Gasteiger charge is 2.12. The fraction of sp³-hybridized carbons (Fsp3) is 0.200. The number of rotatable bonds is 2. The molecule has 2 aromatic rings. The number of nitrogens with zero attached hydrogens (tertiary/aromatic N) is 2. The van der Waals surface area contributed by atoms with Crippen LogP contribution in [0.3, 0.4) is 0 Å². The number of aromatic amines is 1. The van der Waals surface area contributed by atoms with E-state index in [4.69, 9.17) is 12.2 Å². The summed E-state index contributed by atoms with van der Waals surface area (Å²) in [4.78, 5) is 0. The predicted octanol–water partition coefficient (Wildman–Crippen LogP) is 2.91. The van der Waals surface area contributed by atoms with Crippen LogP contribution in [0, 0.1) is 16.4 Å². The first-order valence-electron chi connectivity index (χ1n) is 4.74. The van der Waals surface area contributed by atoms with E-state index in [-0.39, 0.29) is 5.56 Å². The van der Waals surface area contributed by atoms with E-state index in [1.807, 2.05) is 6.92 Å². The van der Waals surface area contributed by atoms with Crippen molar-refractivity contribution in [2.24, 2.45) is 0 Å². The molecule has 3 nitrogen and oxygen atoms in total. The Kier molecular flexibility index (Phi) is 2.82. The van der Waals surface area contributed by atoms with Gasteiger partial charge in [0.25, 0.3) is 0 Å². The first-order chi connectivity index (χ1) is 7.63. The van der Waals surface area contributed by atoms with Gasteiger partial charge >= 0.3 is 0 Å². The molecule has 0 spiro atoms. The molecular formula is C10H9F2N3S. The van der Waals surface area contributed by atoms with E-state index < -0.39 is 11.6 Å². The minimum absolute atomic E-state index is 0.232. The highest BCUT2D eigenvalue weighted by Crippen LogP contribution is 2.21. The first-order valence-corrected chi connectivity index (χ1v) is 5.15. The zero-order valence-corrected chi connectivity index (χ0v) is 9.31. The van der Waals surface area contributed by atoms with Crippen LogP contribution in [0.5, 0.6) is 0 Å². The summed E-state index contributed by atoms with van der Waals surface area (Å²) in [5, 5.41) is 6.51. The third-order valence-corrected chi connectivity index (χ3v) is 2.56. The minimum Gasteiger partial charge on any atom is -0.300 e. The van der Waals surface area contributed by atoms with Gasteiger partial charge < -0.3 is 4.57 Å². The van der Waals surface area contributed by atoms with Crippen molar-refractivity contribution >= 4 is 12.2 Å². The molecule has 6 heteroatoms. The lowest BCUT2D eigenvalue weighted by Gasteiger charge is -2.04. The number of hydrogen-bond donors (Lipinski definition) is 1. The normalized spacial score (nSPS) is 10.7. The lowest BCUT2D eigenvalue weighted by molar-refractivity contribution is 0.583. The molecule has 0 aliphatic heterocycles. The molecule has 1 aromatic heterocycles. The topological polar surface area (TPSA) is 33.6 Å². The van der Waals surface area contributed by atoms with Crippen molar-refractivity contribution in [3.8, 4) is 11.4 Å². The monoisotopic (exact) mass is 241 g/mol. The molecule has 0 saturated heterocycles. The van der Waals surface area contributed by atoms with Gasteiger partial charge in [-0.1, -0.05) is 0 Å². The van der Waals surface area contributed by atoms with Gasteiger partial charge in [0.15, 0.2) is 10.6 Å². The smallest absolute Gasteiger partial charge is 0.195 e. The molecular weight excluding hydrogens is 232 g/mol. The summed E-state index contributed by atoms with van der Waals surface area (Å²) in [5.41, 5.74) is 0.232. The molecule has 0 aliphatic rings. The van der Waals surface area contributed by atoms with Gasteiger partial charge in [-0.2, -0.15) is 5.10 Å². The van der Waals surface area contributed by atoms with E-state index in [2.05, 4.69) is 10.2 Å². The summed E-state index contributed by atoms with van der Waals surface area (Å²) < 4.78 is 28.3. The van der Waals surface area contributed by atoms with Crippen LogP contribution in [0.25, 0.3) is 11.4 Å². The molecule has 0 bridgehead atoms.